The summed E-state index contributed by atoms with van der Waals surface area (Å²) in [4.78, 5) is 22.6. The number of amides is 1. The molecule has 2 aromatic rings. The lowest BCUT2D eigenvalue weighted by Crippen LogP contribution is -2.11. The van der Waals surface area contributed by atoms with E-state index in [0.29, 0.717) is 9.35 Å². The van der Waals surface area contributed by atoms with Crippen LogP contribution in [0.15, 0.2) is 32.5 Å². The number of halogens is 2. The monoisotopic (exact) mass is 420 g/mol. The molecule has 20 heavy (non-hydrogen) atoms. The van der Waals surface area contributed by atoms with Crippen LogP contribution in [0.4, 0.5) is 11.4 Å². The van der Waals surface area contributed by atoms with Gasteiger partial charge in [-0.2, -0.15) is 0 Å². The second kappa shape index (κ2) is 5.90. The molecular formula is C11H6Br2N2O4S. The fourth-order valence-corrected chi connectivity index (χ4v) is 3.37. The van der Waals surface area contributed by atoms with Crippen LogP contribution < -0.4 is 5.32 Å². The molecule has 0 aliphatic carbocycles. The number of thiophene rings is 1. The van der Waals surface area contributed by atoms with Gasteiger partial charge < -0.3 is 10.4 Å². The standard InChI is InChI=1S/C11H6Br2N2O4S/c12-5-4-8(20-10(5)13)11(17)14-9-6(15(18)19)2-1-3-7(9)16/h1-4,16H,(H,14,17). The normalized spacial score (nSPS) is 10.3. The van der Waals surface area contributed by atoms with Crippen LogP contribution in [-0.4, -0.2) is 15.9 Å². The average Bonchev–Trinajstić information content (AvgIpc) is 2.72. The number of nitro benzene ring substituents is 1. The number of carbonyl (C=O) groups is 1. The number of para-hydroxylation sites is 1. The second-order valence-corrected chi connectivity index (χ2v) is 6.84. The average molecular weight is 422 g/mol. The first-order valence-corrected chi connectivity index (χ1v) is 7.53. The number of rotatable bonds is 3. The molecule has 0 fully saturated rings. The van der Waals surface area contributed by atoms with E-state index in [2.05, 4.69) is 37.2 Å². The second-order valence-electron chi connectivity index (χ2n) is 3.61. The number of phenols is 1. The van der Waals surface area contributed by atoms with Crippen LogP contribution >= 0.6 is 43.2 Å². The van der Waals surface area contributed by atoms with Crippen LogP contribution in [0.25, 0.3) is 0 Å². The highest BCUT2D eigenvalue weighted by Gasteiger charge is 2.21. The Balaban J connectivity index is 2.35. The first kappa shape index (κ1) is 14.9. The minimum atomic E-state index is -0.671. The number of anilines is 1. The van der Waals surface area contributed by atoms with Crippen molar-refractivity contribution in [2.24, 2.45) is 0 Å². The summed E-state index contributed by atoms with van der Waals surface area (Å²) in [7, 11) is 0. The Morgan fingerprint density at radius 2 is 2.10 bits per heavy atom. The van der Waals surface area contributed by atoms with E-state index >= 15 is 0 Å². The number of hydrogen-bond donors (Lipinski definition) is 2. The topological polar surface area (TPSA) is 92.5 Å². The Kier molecular flexibility index (Phi) is 4.41. The van der Waals surface area contributed by atoms with Gasteiger partial charge in [0.25, 0.3) is 11.6 Å². The highest BCUT2D eigenvalue weighted by molar-refractivity contribution is 9.13. The fraction of sp³-hybridized carbons (Fsp3) is 0. The number of benzene rings is 1. The lowest BCUT2D eigenvalue weighted by molar-refractivity contribution is -0.384. The van der Waals surface area contributed by atoms with Crippen molar-refractivity contribution in [1.29, 1.82) is 0 Å². The van der Waals surface area contributed by atoms with Gasteiger partial charge in [-0.1, -0.05) is 6.07 Å². The highest BCUT2D eigenvalue weighted by Crippen LogP contribution is 2.36. The summed E-state index contributed by atoms with van der Waals surface area (Å²) in [5.41, 5.74) is -0.587. The molecular weight excluding hydrogens is 416 g/mol. The van der Waals surface area contributed by atoms with Crippen LogP contribution in [0.1, 0.15) is 9.67 Å². The lowest BCUT2D eigenvalue weighted by atomic mass is 10.2. The minimum Gasteiger partial charge on any atom is -0.505 e. The van der Waals surface area contributed by atoms with Gasteiger partial charge >= 0.3 is 0 Å². The summed E-state index contributed by atoms with van der Waals surface area (Å²) in [5, 5.41) is 22.9. The van der Waals surface area contributed by atoms with Gasteiger partial charge in [-0.05, 0) is 44.0 Å². The van der Waals surface area contributed by atoms with Crippen molar-refractivity contribution in [3.8, 4) is 5.75 Å². The Hall–Kier alpha value is -1.45. The Labute approximate surface area is 133 Å². The molecule has 2 rings (SSSR count). The van der Waals surface area contributed by atoms with Crippen molar-refractivity contribution >= 4 is 60.5 Å². The third kappa shape index (κ3) is 3.00. The van der Waals surface area contributed by atoms with Crippen molar-refractivity contribution < 1.29 is 14.8 Å². The molecule has 0 aliphatic rings. The molecule has 0 bridgehead atoms. The van der Waals surface area contributed by atoms with Crippen molar-refractivity contribution in [2.75, 3.05) is 5.32 Å². The quantitative estimate of drug-likeness (QED) is 0.442. The third-order valence-corrected chi connectivity index (χ3v) is 5.58. The van der Waals surface area contributed by atoms with Crippen molar-refractivity contribution in [2.45, 2.75) is 0 Å². The number of nitrogens with one attached hydrogen (secondary N) is 1. The van der Waals surface area contributed by atoms with E-state index in [4.69, 9.17) is 0 Å². The summed E-state index contributed by atoms with van der Waals surface area (Å²) in [6.45, 7) is 0. The molecule has 9 heteroatoms. The van der Waals surface area contributed by atoms with Gasteiger partial charge in [0, 0.05) is 10.5 Å². The molecule has 0 aliphatic heterocycles. The van der Waals surface area contributed by atoms with Gasteiger partial charge in [-0.25, -0.2) is 0 Å². The van der Waals surface area contributed by atoms with E-state index in [1.165, 1.54) is 29.5 Å². The smallest absolute Gasteiger partial charge is 0.296 e. The van der Waals surface area contributed by atoms with E-state index in [1.54, 1.807) is 6.07 Å². The fourth-order valence-electron chi connectivity index (χ4n) is 1.44. The summed E-state index contributed by atoms with van der Waals surface area (Å²) in [6.07, 6.45) is 0. The summed E-state index contributed by atoms with van der Waals surface area (Å²) < 4.78 is 1.44. The van der Waals surface area contributed by atoms with Gasteiger partial charge in [0.1, 0.15) is 5.75 Å². The van der Waals surface area contributed by atoms with Gasteiger partial charge in [-0.15, -0.1) is 11.3 Å². The van der Waals surface area contributed by atoms with E-state index in [1.807, 2.05) is 0 Å². The lowest BCUT2D eigenvalue weighted by Gasteiger charge is -2.06. The molecule has 0 radical (unpaired) electrons. The number of nitro groups is 1. The summed E-state index contributed by atoms with van der Waals surface area (Å²) in [5.74, 6) is -0.895. The predicted molar refractivity (Wildman–Crippen MR) is 82.4 cm³/mol. The van der Waals surface area contributed by atoms with E-state index in [-0.39, 0.29) is 17.1 Å². The van der Waals surface area contributed by atoms with Gasteiger partial charge in [0.2, 0.25) is 0 Å². The van der Waals surface area contributed by atoms with Crippen molar-refractivity contribution in [3.63, 3.8) is 0 Å². The molecule has 6 nitrogen and oxygen atoms in total. The van der Waals surface area contributed by atoms with Crippen LogP contribution in [0.5, 0.6) is 5.75 Å². The first-order chi connectivity index (χ1) is 9.40. The predicted octanol–water partition coefficient (Wildman–Crippen LogP) is 4.14. The largest absolute Gasteiger partial charge is 0.505 e. The molecule has 1 aromatic heterocycles. The number of carbonyl (C=O) groups excluding carboxylic acids is 1. The third-order valence-electron chi connectivity index (χ3n) is 2.32. The maximum absolute atomic E-state index is 12.0. The van der Waals surface area contributed by atoms with Crippen LogP contribution in [0, 0.1) is 10.1 Å². The number of aromatic hydroxyl groups is 1. The number of hydrogen-bond acceptors (Lipinski definition) is 5. The Bertz CT molecular complexity index is 682. The zero-order chi connectivity index (χ0) is 14.9. The van der Waals surface area contributed by atoms with E-state index in [9.17, 15) is 20.0 Å². The molecule has 1 aromatic carbocycles. The molecule has 1 heterocycles. The zero-order valence-corrected chi connectivity index (χ0v) is 13.6. The maximum atomic E-state index is 12.0. The summed E-state index contributed by atoms with van der Waals surface area (Å²) >= 11 is 7.67. The Morgan fingerprint density at radius 3 is 2.65 bits per heavy atom. The van der Waals surface area contributed by atoms with E-state index < -0.39 is 10.8 Å². The molecule has 0 atom stereocenters. The number of phenolic OH excluding ortho intramolecular Hbond substituents is 1. The molecule has 0 spiro atoms. The van der Waals surface area contributed by atoms with Crippen LogP contribution in [0.3, 0.4) is 0 Å². The van der Waals surface area contributed by atoms with Gasteiger partial charge in [-0.3, -0.25) is 14.9 Å². The van der Waals surface area contributed by atoms with Crippen LogP contribution in [-0.2, 0) is 0 Å². The molecule has 104 valence electrons. The molecule has 0 unspecified atom stereocenters. The molecule has 0 saturated heterocycles. The SMILES string of the molecule is O=C(Nc1c(O)cccc1[N+](=O)[O-])c1cc(Br)c(Br)s1. The zero-order valence-electron chi connectivity index (χ0n) is 9.59. The van der Waals surface area contributed by atoms with Gasteiger partial charge in [0.05, 0.1) is 13.6 Å². The first-order valence-electron chi connectivity index (χ1n) is 5.12. The van der Waals surface area contributed by atoms with E-state index in [0.717, 1.165) is 3.79 Å². The highest BCUT2D eigenvalue weighted by atomic mass is 79.9. The van der Waals surface area contributed by atoms with Crippen molar-refractivity contribution in [3.05, 3.63) is 47.5 Å². The molecule has 2 N–H and O–H groups in total. The molecule has 0 saturated carbocycles. The molecule has 1 amide bonds. The maximum Gasteiger partial charge on any atom is 0.296 e. The minimum absolute atomic E-state index is 0.219. The van der Waals surface area contributed by atoms with Gasteiger partial charge in [0.15, 0.2) is 5.69 Å². The Morgan fingerprint density at radius 1 is 1.40 bits per heavy atom. The number of nitrogens with zero attached hydrogens (tertiary/aromatic N) is 1. The van der Waals surface area contributed by atoms with Crippen molar-refractivity contribution in [1.82, 2.24) is 0 Å². The summed E-state index contributed by atoms with van der Waals surface area (Å²) in [6, 6.07) is 5.38. The van der Waals surface area contributed by atoms with Crippen LogP contribution in [0.2, 0.25) is 0 Å².